The van der Waals surface area contributed by atoms with Gasteiger partial charge in [0.05, 0.1) is 0 Å². The average Bonchev–Trinajstić information content (AvgIpc) is 3.38. The van der Waals surface area contributed by atoms with Crippen molar-refractivity contribution in [3.63, 3.8) is 0 Å². The average molecular weight is 557 g/mol. The minimum Gasteiger partial charge on any atom is -0.456 e. The van der Waals surface area contributed by atoms with Gasteiger partial charge in [-0.1, -0.05) is 26.3 Å². The molecule has 3 aromatic rings. The summed E-state index contributed by atoms with van der Waals surface area (Å²) in [6.45, 7) is 20.3. The standard InChI is InChI=1S/C32H28O9/c1-17(2)29(33)37-23-11-21(12-24(15-23)38-30(34)18(3)4)27-9-10-28(41-27)22-13-25(39-31(35)19(5)6)16-26(14-22)40-32(36)20(7)8/h9-16H,1,3,5,7H2,2,4,6,8H3. The molecular weight excluding hydrogens is 528 g/mol. The maximum absolute atomic E-state index is 12.1. The summed E-state index contributed by atoms with van der Waals surface area (Å²) in [6, 6.07) is 12.1. The highest BCUT2D eigenvalue weighted by atomic mass is 16.6. The van der Waals surface area contributed by atoms with Crippen LogP contribution >= 0.6 is 0 Å². The van der Waals surface area contributed by atoms with E-state index in [2.05, 4.69) is 26.3 Å². The molecule has 0 aliphatic carbocycles. The van der Waals surface area contributed by atoms with Crippen LogP contribution in [0.3, 0.4) is 0 Å². The number of hydrogen-bond acceptors (Lipinski definition) is 9. The van der Waals surface area contributed by atoms with E-state index in [0.717, 1.165) is 0 Å². The summed E-state index contributed by atoms with van der Waals surface area (Å²) in [4.78, 5) is 48.6. The second-order valence-electron chi connectivity index (χ2n) is 9.23. The molecule has 0 aliphatic rings. The highest BCUT2D eigenvalue weighted by molar-refractivity contribution is 5.91. The number of ether oxygens (including phenoxy) is 4. The number of rotatable bonds is 10. The summed E-state index contributed by atoms with van der Waals surface area (Å²) in [5.41, 5.74) is 1.51. The molecule has 0 bridgehead atoms. The molecule has 0 N–H and O–H groups in total. The van der Waals surface area contributed by atoms with E-state index in [1.165, 1.54) is 64.1 Å². The van der Waals surface area contributed by atoms with Gasteiger partial charge in [-0.05, 0) is 64.1 Å². The van der Waals surface area contributed by atoms with Gasteiger partial charge in [0.25, 0.3) is 0 Å². The first-order chi connectivity index (χ1) is 19.2. The second-order valence-corrected chi connectivity index (χ2v) is 9.23. The van der Waals surface area contributed by atoms with Crippen LogP contribution < -0.4 is 18.9 Å². The van der Waals surface area contributed by atoms with Crippen molar-refractivity contribution in [1.29, 1.82) is 0 Å². The summed E-state index contributed by atoms with van der Waals surface area (Å²) in [5.74, 6) is -1.72. The van der Waals surface area contributed by atoms with Crippen LogP contribution in [-0.4, -0.2) is 23.9 Å². The molecule has 1 heterocycles. The first kappa shape index (κ1) is 30.1. The summed E-state index contributed by atoms with van der Waals surface area (Å²) in [6.07, 6.45) is 0. The van der Waals surface area contributed by atoms with Crippen LogP contribution in [0.5, 0.6) is 23.0 Å². The molecule has 3 rings (SSSR count). The third-order valence-electron chi connectivity index (χ3n) is 5.17. The van der Waals surface area contributed by atoms with E-state index in [1.807, 2.05) is 0 Å². The maximum atomic E-state index is 12.1. The molecule has 0 unspecified atom stereocenters. The lowest BCUT2D eigenvalue weighted by Crippen LogP contribution is -2.10. The molecule has 210 valence electrons. The molecule has 0 atom stereocenters. The summed E-state index contributed by atoms with van der Waals surface area (Å²) >= 11 is 0. The summed E-state index contributed by atoms with van der Waals surface area (Å²) in [7, 11) is 0. The van der Waals surface area contributed by atoms with Gasteiger partial charge in [-0.3, -0.25) is 0 Å². The van der Waals surface area contributed by atoms with Crippen molar-refractivity contribution < 1.29 is 42.5 Å². The molecule has 0 aliphatic heterocycles. The molecule has 9 heteroatoms. The van der Waals surface area contributed by atoms with Crippen LogP contribution in [0.25, 0.3) is 22.6 Å². The van der Waals surface area contributed by atoms with Crippen LogP contribution in [-0.2, 0) is 19.2 Å². The molecular formula is C32H28O9. The van der Waals surface area contributed by atoms with Crippen molar-refractivity contribution >= 4 is 23.9 Å². The van der Waals surface area contributed by atoms with E-state index in [4.69, 9.17) is 23.4 Å². The molecule has 0 radical (unpaired) electrons. The van der Waals surface area contributed by atoms with Crippen molar-refractivity contribution in [2.75, 3.05) is 0 Å². The largest absolute Gasteiger partial charge is 0.456 e. The van der Waals surface area contributed by atoms with Crippen molar-refractivity contribution in [3.05, 3.63) is 97.1 Å². The Morgan fingerprint density at radius 3 is 0.951 bits per heavy atom. The second kappa shape index (κ2) is 12.6. The number of benzene rings is 2. The maximum Gasteiger partial charge on any atom is 0.338 e. The van der Waals surface area contributed by atoms with Gasteiger partial charge in [-0.2, -0.15) is 0 Å². The molecule has 0 amide bonds. The van der Waals surface area contributed by atoms with Crippen LogP contribution in [0, 0.1) is 0 Å². The predicted octanol–water partition coefficient (Wildman–Crippen LogP) is 6.54. The number of carbonyl (C=O) groups is 4. The van der Waals surface area contributed by atoms with Crippen molar-refractivity contribution in [2.24, 2.45) is 0 Å². The fourth-order valence-electron chi connectivity index (χ4n) is 3.09. The number of furan rings is 1. The number of carbonyl (C=O) groups excluding carboxylic acids is 4. The van der Waals surface area contributed by atoms with Gasteiger partial charge in [0, 0.05) is 45.6 Å². The number of esters is 4. The molecule has 0 saturated heterocycles. The lowest BCUT2D eigenvalue weighted by Gasteiger charge is -2.11. The summed E-state index contributed by atoms with van der Waals surface area (Å²) in [5, 5.41) is 0. The van der Waals surface area contributed by atoms with E-state index in [9.17, 15) is 19.2 Å². The first-order valence-corrected chi connectivity index (χ1v) is 12.1. The minimum absolute atomic E-state index is 0.0839. The highest BCUT2D eigenvalue weighted by Crippen LogP contribution is 2.36. The van der Waals surface area contributed by atoms with E-state index in [1.54, 1.807) is 12.1 Å². The Morgan fingerprint density at radius 1 is 0.488 bits per heavy atom. The van der Waals surface area contributed by atoms with Gasteiger partial charge in [0.1, 0.15) is 34.5 Å². The molecule has 0 saturated carbocycles. The number of hydrogen-bond donors (Lipinski definition) is 0. The summed E-state index contributed by atoms with van der Waals surface area (Å²) < 4.78 is 27.5. The van der Waals surface area contributed by atoms with Crippen LogP contribution in [0.2, 0.25) is 0 Å². The quantitative estimate of drug-likeness (QED) is 0.156. The Hall–Kier alpha value is -5.44. The molecule has 41 heavy (non-hydrogen) atoms. The first-order valence-electron chi connectivity index (χ1n) is 12.1. The van der Waals surface area contributed by atoms with Crippen molar-refractivity contribution in [2.45, 2.75) is 27.7 Å². The van der Waals surface area contributed by atoms with E-state index in [0.29, 0.717) is 22.6 Å². The van der Waals surface area contributed by atoms with Gasteiger partial charge in [-0.15, -0.1) is 0 Å². The normalized spacial score (nSPS) is 10.2. The SMILES string of the molecule is C=C(C)C(=O)Oc1cc(OC(=O)C(=C)C)cc(-c2ccc(-c3cc(OC(=O)C(=C)C)cc(OC(=O)C(=C)C)c3)o2)c1. The fourth-order valence-corrected chi connectivity index (χ4v) is 3.09. The van der Waals surface area contributed by atoms with Gasteiger partial charge in [0.15, 0.2) is 0 Å². The topological polar surface area (TPSA) is 118 Å². The Morgan fingerprint density at radius 2 is 0.732 bits per heavy atom. The fraction of sp³-hybridized carbons (Fsp3) is 0.125. The molecule has 1 aromatic heterocycles. The third-order valence-corrected chi connectivity index (χ3v) is 5.17. The molecule has 0 fully saturated rings. The Labute approximate surface area is 237 Å². The predicted molar refractivity (Wildman–Crippen MR) is 151 cm³/mol. The van der Waals surface area contributed by atoms with Gasteiger partial charge < -0.3 is 23.4 Å². The van der Waals surface area contributed by atoms with Crippen LogP contribution in [0.4, 0.5) is 0 Å². The van der Waals surface area contributed by atoms with E-state index in [-0.39, 0.29) is 45.3 Å². The minimum atomic E-state index is -0.669. The monoisotopic (exact) mass is 556 g/mol. The zero-order valence-corrected chi connectivity index (χ0v) is 23.1. The van der Waals surface area contributed by atoms with Crippen LogP contribution in [0.1, 0.15) is 27.7 Å². The molecule has 9 nitrogen and oxygen atoms in total. The Bertz CT molecular complexity index is 1410. The zero-order valence-electron chi connectivity index (χ0n) is 23.1. The van der Waals surface area contributed by atoms with Crippen molar-refractivity contribution in [3.8, 4) is 45.6 Å². The lowest BCUT2D eigenvalue weighted by molar-refractivity contribution is -0.131. The highest BCUT2D eigenvalue weighted by Gasteiger charge is 2.17. The Kier molecular flexibility index (Phi) is 9.26. The smallest absolute Gasteiger partial charge is 0.338 e. The van der Waals surface area contributed by atoms with Gasteiger partial charge in [0.2, 0.25) is 0 Å². The zero-order chi connectivity index (χ0) is 30.4. The van der Waals surface area contributed by atoms with Crippen molar-refractivity contribution in [1.82, 2.24) is 0 Å². The molecule has 2 aromatic carbocycles. The molecule has 0 spiro atoms. The van der Waals surface area contributed by atoms with E-state index < -0.39 is 23.9 Å². The van der Waals surface area contributed by atoms with E-state index >= 15 is 0 Å². The van der Waals surface area contributed by atoms with Crippen LogP contribution in [0.15, 0.2) is 102 Å². The van der Waals surface area contributed by atoms with Gasteiger partial charge >= 0.3 is 23.9 Å². The lowest BCUT2D eigenvalue weighted by atomic mass is 10.1. The Balaban J connectivity index is 2.06. The van der Waals surface area contributed by atoms with Gasteiger partial charge in [-0.25, -0.2) is 19.2 Å². The third kappa shape index (κ3) is 8.03.